The van der Waals surface area contributed by atoms with Crippen LogP contribution in [0.15, 0.2) is 58.7 Å². The lowest BCUT2D eigenvalue weighted by molar-refractivity contribution is -0.113. The van der Waals surface area contributed by atoms with Crippen LogP contribution in [0.4, 0.5) is 5.69 Å². The van der Waals surface area contributed by atoms with Crippen LogP contribution in [0.5, 0.6) is 0 Å². The van der Waals surface area contributed by atoms with E-state index in [0.717, 1.165) is 21.3 Å². The second kappa shape index (κ2) is 6.02. The van der Waals surface area contributed by atoms with E-state index in [2.05, 4.69) is 21.2 Å². The van der Waals surface area contributed by atoms with Crippen molar-refractivity contribution in [2.45, 2.75) is 6.92 Å². The molecule has 2 aromatic carbocycles. The first-order chi connectivity index (χ1) is 10.6. The highest BCUT2D eigenvalue weighted by Gasteiger charge is 2.31. The Balaban J connectivity index is 1.97. The van der Waals surface area contributed by atoms with Gasteiger partial charge in [-0.1, -0.05) is 46.3 Å². The van der Waals surface area contributed by atoms with Gasteiger partial charge in [-0.15, -0.1) is 0 Å². The van der Waals surface area contributed by atoms with Crippen LogP contribution in [-0.2, 0) is 4.79 Å². The summed E-state index contributed by atoms with van der Waals surface area (Å²) in [6.07, 6.45) is 1.80. The Morgan fingerprint density at radius 1 is 1.18 bits per heavy atom. The van der Waals surface area contributed by atoms with E-state index in [1.807, 2.05) is 55.5 Å². The SMILES string of the molecule is Cc1cccc(N2C(=O)/C(=C\c3ccccc3Br)NC2=S)c1. The molecule has 110 valence electrons. The summed E-state index contributed by atoms with van der Waals surface area (Å²) in [4.78, 5) is 14.2. The summed E-state index contributed by atoms with van der Waals surface area (Å²) < 4.78 is 0.928. The number of anilines is 1. The molecule has 0 aliphatic carbocycles. The van der Waals surface area contributed by atoms with Crippen molar-refractivity contribution in [3.8, 4) is 0 Å². The van der Waals surface area contributed by atoms with Crippen LogP contribution in [0.3, 0.4) is 0 Å². The second-order valence-electron chi connectivity index (χ2n) is 4.99. The topological polar surface area (TPSA) is 32.3 Å². The van der Waals surface area contributed by atoms with Gasteiger partial charge < -0.3 is 5.32 Å². The first-order valence-corrected chi connectivity index (χ1v) is 7.95. The summed E-state index contributed by atoms with van der Waals surface area (Å²) in [6, 6.07) is 15.4. The summed E-state index contributed by atoms with van der Waals surface area (Å²) in [6.45, 7) is 1.98. The Kier molecular flexibility index (Phi) is 4.09. The molecule has 0 aromatic heterocycles. The minimum atomic E-state index is -0.147. The Hall–Kier alpha value is -1.98. The van der Waals surface area contributed by atoms with Crippen molar-refractivity contribution in [1.82, 2.24) is 5.32 Å². The smallest absolute Gasteiger partial charge is 0.281 e. The number of nitrogens with zero attached hydrogens (tertiary/aromatic N) is 1. The zero-order chi connectivity index (χ0) is 15.7. The number of nitrogens with one attached hydrogen (secondary N) is 1. The lowest BCUT2D eigenvalue weighted by atomic mass is 10.2. The van der Waals surface area contributed by atoms with Crippen molar-refractivity contribution in [3.63, 3.8) is 0 Å². The molecule has 3 rings (SSSR count). The van der Waals surface area contributed by atoms with Crippen molar-refractivity contribution in [1.29, 1.82) is 0 Å². The molecule has 0 spiro atoms. The standard InChI is InChI=1S/C17H13BrN2OS/c1-11-5-4-7-13(9-11)20-16(21)15(19-17(20)22)10-12-6-2-3-8-14(12)18/h2-10H,1H3,(H,19,22)/b15-10+. The number of amides is 1. The molecular weight excluding hydrogens is 360 g/mol. The maximum absolute atomic E-state index is 12.6. The number of carbonyl (C=O) groups excluding carboxylic acids is 1. The molecule has 1 N–H and O–H groups in total. The molecular formula is C17H13BrN2OS. The fourth-order valence-corrected chi connectivity index (χ4v) is 2.98. The van der Waals surface area contributed by atoms with E-state index in [-0.39, 0.29) is 5.91 Å². The van der Waals surface area contributed by atoms with Gasteiger partial charge in [0.25, 0.3) is 5.91 Å². The van der Waals surface area contributed by atoms with Gasteiger partial charge in [0.05, 0.1) is 5.69 Å². The third-order valence-electron chi connectivity index (χ3n) is 3.34. The number of aryl methyl sites for hydroxylation is 1. The van der Waals surface area contributed by atoms with Gasteiger partial charge in [-0.05, 0) is 54.5 Å². The van der Waals surface area contributed by atoms with E-state index in [0.29, 0.717) is 10.8 Å². The molecule has 1 amide bonds. The van der Waals surface area contributed by atoms with Crippen LogP contribution in [0.2, 0.25) is 0 Å². The van der Waals surface area contributed by atoms with Gasteiger partial charge in [-0.3, -0.25) is 9.69 Å². The average molecular weight is 373 g/mol. The number of thiocarbonyl (C=S) groups is 1. The molecule has 1 heterocycles. The van der Waals surface area contributed by atoms with Gasteiger partial charge in [-0.25, -0.2) is 0 Å². The van der Waals surface area contributed by atoms with E-state index in [1.165, 1.54) is 4.90 Å². The van der Waals surface area contributed by atoms with Gasteiger partial charge in [0.1, 0.15) is 5.70 Å². The highest BCUT2D eigenvalue weighted by molar-refractivity contribution is 9.10. The lowest BCUT2D eigenvalue weighted by Crippen LogP contribution is -2.30. The average Bonchev–Trinajstić information content (AvgIpc) is 2.76. The van der Waals surface area contributed by atoms with Crippen molar-refractivity contribution in [2.24, 2.45) is 0 Å². The number of hydrogen-bond donors (Lipinski definition) is 1. The van der Waals surface area contributed by atoms with Crippen molar-refractivity contribution >= 4 is 50.9 Å². The second-order valence-corrected chi connectivity index (χ2v) is 6.23. The van der Waals surface area contributed by atoms with Gasteiger partial charge in [0.15, 0.2) is 5.11 Å². The monoisotopic (exact) mass is 372 g/mol. The molecule has 0 bridgehead atoms. The first-order valence-electron chi connectivity index (χ1n) is 6.74. The fraction of sp³-hybridized carbons (Fsp3) is 0.0588. The summed E-state index contributed by atoms with van der Waals surface area (Å²) in [7, 11) is 0. The number of benzene rings is 2. The number of halogens is 1. The molecule has 1 saturated heterocycles. The van der Waals surface area contributed by atoms with Crippen LogP contribution in [0.25, 0.3) is 6.08 Å². The quantitative estimate of drug-likeness (QED) is 0.638. The molecule has 22 heavy (non-hydrogen) atoms. The molecule has 0 atom stereocenters. The molecule has 1 aliphatic heterocycles. The van der Waals surface area contributed by atoms with Crippen LogP contribution in [0, 0.1) is 6.92 Å². The van der Waals surface area contributed by atoms with Crippen molar-refractivity contribution in [3.05, 3.63) is 69.8 Å². The minimum Gasteiger partial charge on any atom is -0.327 e. The molecule has 5 heteroatoms. The molecule has 0 unspecified atom stereocenters. The van der Waals surface area contributed by atoms with E-state index in [9.17, 15) is 4.79 Å². The largest absolute Gasteiger partial charge is 0.327 e. The highest BCUT2D eigenvalue weighted by atomic mass is 79.9. The summed E-state index contributed by atoms with van der Waals surface area (Å²) in [5.41, 5.74) is 3.25. The van der Waals surface area contributed by atoms with Crippen LogP contribution < -0.4 is 10.2 Å². The predicted molar refractivity (Wildman–Crippen MR) is 96.5 cm³/mol. The Labute approximate surface area is 142 Å². The van der Waals surface area contributed by atoms with E-state index >= 15 is 0 Å². The lowest BCUT2D eigenvalue weighted by Gasteiger charge is -2.14. The maximum Gasteiger partial charge on any atom is 0.281 e. The van der Waals surface area contributed by atoms with E-state index in [4.69, 9.17) is 12.2 Å². The zero-order valence-corrected chi connectivity index (χ0v) is 14.2. The van der Waals surface area contributed by atoms with Crippen LogP contribution in [0.1, 0.15) is 11.1 Å². The van der Waals surface area contributed by atoms with Crippen molar-refractivity contribution < 1.29 is 4.79 Å². The third-order valence-corrected chi connectivity index (χ3v) is 4.35. The fourth-order valence-electron chi connectivity index (χ4n) is 2.28. The van der Waals surface area contributed by atoms with E-state index in [1.54, 1.807) is 6.08 Å². The van der Waals surface area contributed by atoms with Crippen LogP contribution >= 0.6 is 28.1 Å². The highest BCUT2D eigenvalue weighted by Crippen LogP contribution is 2.25. The van der Waals surface area contributed by atoms with E-state index < -0.39 is 0 Å². The van der Waals surface area contributed by atoms with Gasteiger partial charge in [0.2, 0.25) is 0 Å². The van der Waals surface area contributed by atoms with Gasteiger partial charge in [-0.2, -0.15) is 0 Å². The maximum atomic E-state index is 12.6. The van der Waals surface area contributed by atoms with Gasteiger partial charge >= 0.3 is 0 Å². The summed E-state index contributed by atoms with van der Waals surface area (Å²) in [5.74, 6) is -0.147. The normalized spacial score (nSPS) is 16.3. The van der Waals surface area contributed by atoms with Crippen molar-refractivity contribution in [2.75, 3.05) is 4.90 Å². The molecule has 0 radical (unpaired) electrons. The Morgan fingerprint density at radius 3 is 2.68 bits per heavy atom. The number of hydrogen-bond acceptors (Lipinski definition) is 2. The Bertz CT molecular complexity index is 801. The van der Waals surface area contributed by atoms with Gasteiger partial charge in [0, 0.05) is 4.47 Å². The number of carbonyl (C=O) groups is 1. The summed E-state index contributed by atoms with van der Waals surface area (Å²) in [5, 5.41) is 3.39. The Morgan fingerprint density at radius 2 is 1.95 bits per heavy atom. The first kappa shape index (κ1) is 14.9. The van der Waals surface area contributed by atoms with Crippen LogP contribution in [-0.4, -0.2) is 11.0 Å². The minimum absolute atomic E-state index is 0.147. The molecule has 3 nitrogen and oxygen atoms in total. The summed E-state index contributed by atoms with van der Waals surface area (Å²) >= 11 is 8.79. The molecule has 1 aliphatic rings. The predicted octanol–water partition coefficient (Wildman–Crippen LogP) is 4.02. The molecule has 2 aromatic rings. The molecule has 1 fully saturated rings. The third kappa shape index (κ3) is 2.82. The zero-order valence-electron chi connectivity index (χ0n) is 11.8. The molecule has 0 saturated carbocycles. The number of rotatable bonds is 2.